The van der Waals surface area contributed by atoms with Crippen molar-refractivity contribution in [3.05, 3.63) is 51.5 Å². The van der Waals surface area contributed by atoms with E-state index in [0.29, 0.717) is 19.6 Å². The minimum atomic E-state index is -0.0438. The normalized spacial score (nSPS) is 12.1. The smallest absolute Gasteiger partial charge is 0.220 e. The Balaban J connectivity index is 1.64. The molecule has 0 spiro atoms. The van der Waals surface area contributed by atoms with Crippen molar-refractivity contribution < 1.29 is 9.53 Å². The maximum absolute atomic E-state index is 12.0. The topological polar surface area (TPSA) is 51.2 Å². The highest BCUT2D eigenvalue weighted by Crippen LogP contribution is 2.22. The highest BCUT2D eigenvalue weighted by atomic mass is 32.1. The van der Waals surface area contributed by atoms with Crippen LogP contribution >= 0.6 is 11.3 Å². The number of carbonyl (C=O) groups is 1. The molecule has 0 aliphatic rings. The van der Waals surface area contributed by atoms with Crippen molar-refractivity contribution in [1.82, 2.24) is 10.3 Å². The summed E-state index contributed by atoms with van der Waals surface area (Å²) in [5.74, 6) is 0.0471. The molecule has 1 N–H and O–H groups in total. The Morgan fingerprint density at radius 3 is 2.70 bits per heavy atom. The number of nitrogens with one attached hydrogen (secondary N) is 1. The second-order valence-corrected chi connectivity index (χ2v) is 7.01. The van der Waals surface area contributed by atoms with Crippen molar-refractivity contribution >= 4 is 17.2 Å². The summed E-state index contributed by atoms with van der Waals surface area (Å²) >= 11 is 1.66. The predicted molar refractivity (Wildman–Crippen MR) is 93.5 cm³/mol. The highest BCUT2D eigenvalue weighted by molar-refractivity contribution is 7.11. The molecule has 0 bridgehead atoms. The van der Waals surface area contributed by atoms with Crippen molar-refractivity contribution in [2.75, 3.05) is 6.61 Å². The molecule has 124 valence electrons. The standard InChI is InChI=1S/C18H24N2O2S/c1-13(18-14(2)23-15(3)20-18)19-17(21)10-7-11-22-12-16-8-5-4-6-9-16/h4-6,8-9,13H,7,10-12H2,1-3H3,(H,19,21)/t13-/m0/s1. The number of carbonyl (C=O) groups excluding carboxylic acids is 1. The number of rotatable bonds is 8. The molecule has 0 radical (unpaired) electrons. The van der Waals surface area contributed by atoms with Crippen LogP contribution in [0.3, 0.4) is 0 Å². The van der Waals surface area contributed by atoms with E-state index in [0.717, 1.165) is 22.7 Å². The monoisotopic (exact) mass is 332 g/mol. The van der Waals surface area contributed by atoms with E-state index in [-0.39, 0.29) is 11.9 Å². The summed E-state index contributed by atoms with van der Waals surface area (Å²) in [6.45, 7) is 7.19. The van der Waals surface area contributed by atoms with Gasteiger partial charge in [0.25, 0.3) is 0 Å². The van der Waals surface area contributed by atoms with Gasteiger partial charge >= 0.3 is 0 Å². The van der Waals surface area contributed by atoms with Gasteiger partial charge in [-0.1, -0.05) is 30.3 Å². The van der Waals surface area contributed by atoms with E-state index in [4.69, 9.17) is 4.74 Å². The molecule has 2 rings (SSSR count). The molecular weight excluding hydrogens is 308 g/mol. The molecule has 0 fully saturated rings. The van der Waals surface area contributed by atoms with E-state index in [1.807, 2.05) is 51.1 Å². The van der Waals surface area contributed by atoms with Gasteiger partial charge in [-0.3, -0.25) is 4.79 Å². The Kier molecular flexibility index (Phi) is 6.74. The van der Waals surface area contributed by atoms with E-state index >= 15 is 0 Å². The fourth-order valence-corrected chi connectivity index (χ4v) is 3.34. The Labute approximate surface area is 141 Å². The number of benzene rings is 1. The van der Waals surface area contributed by atoms with Crippen molar-refractivity contribution in [3.63, 3.8) is 0 Å². The van der Waals surface area contributed by atoms with Gasteiger partial charge in [-0.2, -0.15) is 0 Å². The van der Waals surface area contributed by atoms with Crippen LogP contribution in [0, 0.1) is 13.8 Å². The van der Waals surface area contributed by atoms with Crippen LogP contribution in [0.4, 0.5) is 0 Å². The third-order valence-corrected chi connectivity index (χ3v) is 4.43. The fourth-order valence-electron chi connectivity index (χ4n) is 2.43. The van der Waals surface area contributed by atoms with E-state index in [1.165, 1.54) is 4.88 Å². The lowest BCUT2D eigenvalue weighted by Gasteiger charge is -2.13. The second-order valence-electron chi connectivity index (χ2n) is 5.61. The predicted octanol–water partition coefficient (Wildman–Crippen LogP) is 3.93. The third-order valence-electron chi connectivity index (χ3n) is 3.53. The van der Waals surface area contributed by atoms with Crippen molar-refractivity contribution in [2.45, 2.75) is 46.3 Å². The van der Waals surface area contributed by atoms with Crippen molar-refractivity contribution in [3.8, 4) is 0 Å². The van der Waals surface area contributed by atoms with Crippen LogP contribution in [0.2, 0.25) is 0 Å². The van der Waals surface area contributed by atoms with Crippen molar-refractivity contribution in [1.29, 1.82) is 0 Å². The Bertz CT molecular complexity index is 625. The number of ether oxygens (including phenoxy) is 1. The average molecular weight is 332 g/mol. The van der Waals surface area contributed by atoms with Crippen LogP contribution in [0.25, 0.3) is 0 Å². The molecule has 5 heteroatoms. The molecule has 0 aliphatic heterocycles. The first kappa shape index (κ1) is 17.6. The first-order valence-corrected chi connectivity index (χ1v) is 8.73. The fraction of sp³-hybridized carbons (Fsp3) is 0.444. The minimum absolute atomic E-state index is 0.0438. The molecule has 1 aromatic heterocycles. The van der Waals surface area contributed by atoms with Crippen LogP contribution < -0.4 is 5.32 Å². The van der Waals surface area contributed by atoms with Crippen LogP contribution in [0.15, 0.2) is 30.3 Å². The number of thiazole rings is 1. The highest BCUT2D eigenvalue weighted by Gasteiger charge is 2.15. The van der Waals surface area contributed by atoms with Crippen LogP contribution in [0.5, 0.6) is 0 Å². The van der Waals surface area contributed by atoms with E-state index in [2.05, 4.69) is 10.3 Å². The van der Waals surface area contributed by atoms with Gasteiger partial charge in [-0.25, -0.2) is 4.98 Å². The quantitative estimate of drug-likeness (QED) is 0.745. The van der Waals surface area contributed by atoms with Gasteiger partial charge in [0.15, 0.2) is 0 Å². The van der Waals surface area contributed by atoms with Gasteiger partial charge in [0.05, 0.1) is 23.4 Å². The summed E-state index contributed by atoms with van der Waals surface area (Å²) in [4.78, 5) is 17.6. The van der Waals surface area contributed by atoms with Crippen LogP contribution in [0.1, 0.15) is 46.9 Å². The number of amides is 1. The van der Waals surface area contributed by atoms with Gasteiger partial charge in [-0.15, -0.1) is 11.3 Å². The molecule has 0 aliphatic carbocycles. The molecule has 1 atom stereocenters. The molecule has 1 aromatic carbocycles. The van der Waals surface area contributed by atoms with Crippen LogP contribution in [-0.2, 0) is 16.1 Å². The molecular formula is C18H24N2O2S. The largest absolute Gasteiger partial charge is 0.377 e. The molecule has 4 nitrogen and oxygen atoms in total. The summed E-state index contributed by atoms with van der Waals surface area (Å²) < 4.78 is 5.59. The third kappa shape index (κ3) is 5.77. The zero-order valence-electron chi connectivity index (χ0n) is 14.0. The molecule has 23 heavy (non-hydrogen) atoms. The first-order valence-electron chi connectivity index (χ1n) is 7.91. The summed E-state index contributed by atoms with van der Waals surface area (Å²) in [5.41, 5.74) is 2.13. The summed E-state index contributed by atoms with van der Waals surface area (Å²) in [7, 11) is 0. The number of aromatic nitrogens is 1. The molecule has 1 heterocycles. The lowest BCUT2D eigenvalue weighted by molar-refractivity contribution is -0.122. The Hall–Kier alpha value is -1.72. The zero-order valence-corrected chi connectivity index (χ0v) is 14.8. The molecule has 1 amide bonds. The van der Waals surface area contributed by atoms with Gasteiger partial charge in [0.1, 0.15) is 0 Å². The Morgan fingerprint density at radius 2 is 2.04 bits per heavy atom. The maximum atomic E-state index is 12.0. The number of aryl methyl sites for hydroxylation is 2. The number of hydrogen-bond acceptors (Lipinski definition) is 4. The van der Waals surface area contributed by atoms with Gasteiger partial charge in [0.2, 0.25) is 5.91 Å². The SMILES string of the molecule is Cc1nc([C@H](C)NC(=O)CCCOCc2ccccc2)c(C)s1. The summed E-state index contributed by atoms with van der Waals surface area (Å²) in [5, 5.41) is 4.04. The van der Waals surface area contributed by atoms with E-state index in [9.17, 15) is 4.79 Å². The van der Waals surface area contributed by atoms with E-state index in [1.54, 1.807) is 11.3 Å². The Morgan fingerprint density at radius 1 is 1.30 bits per heavy atom. The van der Waals surface area contributed by atoms with Crippen molar-refractivity contribution in [2.24, 2.45) is 0 Å². The lowest BCUT2D eigenvalue weighted by Crippen LogP contribution is -2.27. The second kappa shape index (κ2) is 8.79. The molecule has 0 saturated carbocycles. The molecule has 2 aromatic rings. The summed E-state index contributed by atoms with van der Waals surface area (Å²) in [6.07, 6.45) is 1.20. The number of hydrogen-bond donors (Lipinski definition) is 1. The first-order chi connectivity index (χ1) is 11.1. The number of nitrogens with zero attached hydrogens (tertiary/aromatic N) is 1. The lowest BCUT2D eigenvalue weighted by atomic mass is 10.2. The molecule has 0 unspecified atom stereocenters. The summed E-state index contributed by atoms with van der Waals surface area (Å²) in [6, 6.07) is 10.0. The molecule has 0 saturated heterocycles. The van der Waals surface area contributed by atoms with Crippen LogP contribution in [-0.4, -0.2) is 17.5 Å². The maximum Gasteiger partial charge on any atom is 0.220 e. The average Bonchev–Trinajstić information content (AvgIpc) is 2.86. The van der Waals surface area contributed by atoms with Gasteiger partial charge in [0, 0.05) is 17.9 Å². The van der Waals surface area contributed by atoms with E-state index < -0.39 is 0 Å². The zero-order chi connectivity index (χ0) is 16.7. The minimum Gasteiger partial charge on any atom is -0.377 e. The van der Waals surface area contributed by atoms with Gasteiger partial charge < -0.3 is 10.1 Å². The van der Waals surface area contributed by atoms with Gasteiger partial charge in [-0.05, 0) is 32.8 Å².